The first-order valence-electron chi connectivity index (χ1n) is 5.42. The smallest absolute Gasteiger partial charge is 0.180 e. The Kier molecular flexibility index (Phi) is 4.73. The van der Waals surface area contributed by atoms with E-state index in [4.69, 9.17) is 5.11 Å². The number of hydrogen-bond acceptors (Lipinski definition) is 3. The Morgan fingerprint density at radius 2 is 2.06 bits per heavy atom. The first kappa shape index (κ1) is 13.8. The van der Waals surface area contributed by atoms with E-state index in [0.717, 1.165) is 0 Å². The van der Waals surface area contributed by atoms with E-state index < -0.39 is 15.1 Å². The zero-order valence-corrected chi connectivity index (χ0v) is 10.8. The van der Waals surface area contributed by atoms with Crippen LogP contribution in [-0.2, 0) is 9.84 Å². The van der Waals surface area contributed by atoms with Crippen molar-refractivity contribution in [1.82, 2.24) is 0 Å². The molecule has 0 aliphatic carbocycles. The third-order valence-corrected chi connectivity index (χ3v) is 4.40. The molecule has 0 saturated heterocycles. The minimum absolute atomic E-state index is 0.0109. The maximum atomic E-state index is 11.9. The third kappa shape index (κ3) is 3.58. The van der Waals surface area contributed by atoms with Crippen molar-refractivity contribution in [2.75, 3.05) is 6.61 Å². The number of aliphatic hydroxyl groups is 1. The standard InChI is InChI=1S/C13H16O3S/c1-11(2)17(15,16)13-8-5-7-12(10-13)6-3-4-9-14/h5,7-8,10-11,14H,4,9H2,1-2H3. The van der Waals surface area contributed by atoms with Crippen molar-refractivity contribution < 1.29 is 13.5 Å². The summed E-state index contributed by atoms with van der Waals surface area (Å²) in [6.45, 7) is 3.32. The van der Waals surface area contributed by atoms with Gasteiger partial charge in [0.15, 0.2) is 9.84 Å². The molecule has 1 rings (SSSR count). The van der Waals surface area contributed by atoms with Crippen molar-refractivity contribution in [1.29, 1.82) is 0 Å². The topological polar surface area (TPSA) is 54.4 Å². The Hall–Kier alpha value is -1.31. The molecular weight excluding hydrogens is 236 g/mol. The van der Waals surface area contributed by atoms with E-state index >= 15 is 0 Å². The van der Waals surface area contributed by atoms with Crippen molar-refractivity contribution in [3.8, 4) is 11.8 Å². The van der Waals surface area contributed by atoms with Gasteiger partial charge in [0.25, 0.3) is 0 Å². The molecule has 0 atom stereocenters. The molecule has 0 saturated carbocycles. The fraction of sp³-hybridized carbons (Fsp3) is 0.385. The van der Waals surface area contributed by atoms with E-state index in [1.165, 1.54) is 0 Å². The summed E-state index contributed by atoms with van der Waals surface area (Å²) in [4.78, 5) is 0.295. The normalized spacial score (nSPS) is 11.1. The highest BCUT2D eigenvalue weighted by Gasteiger charge is 2.18. The van der Waals surface area contributed by atoms with Gasteiger partial charge in [-0.25, -0.2) is 8.42 Å². The van der Waals surface area contributed by atoms with Crippen LogP contribution in [0.5, 0.6) is 0 Å². The fourth-order valence-electron chi connectivity index (χ4n) is 1.24. The van der Waals surface area contributed by atoms with Gasteiger partial charge in [-0.15, -0.1) is 0 Å². The van der Waals surface area contributed by atoms with Crippen LogP contribution in [-0.4, -0.2) is 25.4 Å². The van der Waals surface area contributed by atoms with Crippen LogP contribution in [0.15, 0.2) is 29.2 Å². The highest BCUT2D eigenvalue weighted by atomic mass is 32.2. The fourth-order valence-corrected chi connectivity index (χ4v) is 2.35. The van der Waals surface area contributed by atoms with Crippen LogP contribution in [0.25, 0.3) is 0 Å². The largest absolute Gasteiger partial charge is 0.395 e. The molecule has 0 spiro atoms. The summed E-state index contributed by atoms with van der Waals surface area (Å²) >= 11 is 0. The molecular formula is C13H16O3S. The maximum Gasteiger partial charge on any atom is 0.180 e. The van der Waals surface area contributed by atoms with Gasteiger partial charge < -0.3 is 5.11 Å². The predicted octanol–water partition coefficient (Wildman–Crippen LogP) is 1.60. The van der Waals surface area contributed by atoms with Crippen molar-refractivity contribution in [2.45, 2.75) is 30.4 Å². The highest BCUT2D eigenvalue weighted by molar-refractivity contribution is 7.92. The van der Waals surface area contributed by atoms with E-state index in [1.807, 2.05) is 0 Å². The average molecular weight is 252 g/mol. The molecule has 4 heteroatoms. The Balaban J connectivity index is 3.07. The monoisotopic (exact) mass is 252 g/mol. The van der Waals surface area contributed by atoms with Crippen LogP contribution in [0.4, 0.5) is 0 Å². The van der Waals surface area contributed by atoms with Crippen molar-refractivity contribution >= 4 is 9.84 Å². The lowest BCUT2D eigenvalue weighted by molar-refractivity contribution is 0.305. The SMILES string of the molecule is CC(C)S(=O)(=O)c1cccc(C#CCCO)c1. The molecule has 0 aliphatic rings. The van der Waals surface area contributed by atoms with Gasteiger partial charge in [-0.05, 0) is 32.0 Å². The van der Waals surface area contributed by atoms with Crippen molar-refractivity contribution in [3.05, 3.63) is 29.8 Å². The molecule has 0 aliphatic heterocycles. The van der Waals surface area contributed by atoms with Crippen LogP contribution in [0.2, 0.25) is 0 Å². The number of sulfone groups is 1. The predicted molar refractivity (Wildman–Crippen MR) is 67.3 cm³/mol. The Morgan fingerprint density at radius 1 is 1.35 bits per heavy atom. The number of rotatable bonds is 3. The lowest BCUT2D eigenvalue weighted by Gasteiger charge is -2.07. The van der Waals surface area contributed by atoms with Gasteiger partial charge in [-0.3, -0.25) is 0 Å². The molecule has 1 aromatic rings. The molecule has 17 heavy (non-hydrogen) atoms. The van der Waals surface area contributed by atoms with Crippen molar-refractivity contribution in [3.63, 3.8) is 0 Å². The highest BCUT2D eigenvalue weighted by Crippen LogP contribution is 2.16. The van der Waals surface area contributed by atoms with Gasteiger partial charge in [-0.1, -0.05) is 17.9 Å². The van der Waals surface area contributed by atoms with Gasteiger partial charge >= 0.3 is 0 Å². The lowest BCUT2D eigenvalue weighted by atomic mass is 10.2. The van der Waals surface area contributed by atoms with Crippen LogP contribution in [0, 0.1) is 11.8 Å². The molecule has 0 heterocycles. The molecule has 1 aromatic carbocycles. The molecule has 0 bridgehead atoms. The molecule has 0 radical (unpaired) electrons. The number of aliphatic hydroxyl groups excluding tert-OH is 1. The van der Waals surface area contributed by atoms with E-state index in [0.29, 0.717) is 16.9 Å². The molecule has 0 aromatic heterocycles. The summed E-state index contributed by atoms with van der Waals surface area (Å²) in [6, 6.07) is 6.58. The number of benzene rings is 1. The Labute approximate surface area is 102 Å². The van der Waals surface area contributed by atoms with Gasteiger partial charge in [0.1, 0.15) is 0 Å². The summed E-state index contributed by atoms with van der Waals surface area (Å²) in [6.07, 6.45) is 0.390. The van der Waals surface area contributed by atoms with E-state index in [-0.39, 0.29) is 6.61 Å². The van der Waals surface area contributed by atoms with Gasteiger partial charge in [-0.2, -0.15) is 0 Å². The van der Waals surface area contributed by atoms with Crippen LogP contribution >= 0.6 is 0 Å². The quantitative estimate of drug-likeness (QED) is 0.831. The van der Waals surface area contributed by atoms with Crippen LogP contribution in [0.3, 0.4) is 0 Å². The summed E-state index contributed by atoms with van der Waals surface area (Å²) in [7, 11) is -3.25. The summed E-state index contributed by atoms with van der Waals surface area (Å²) in [5, 5.41) is 8.16. The average Bonchev–Trinajstić information content (AvgIpc) is 2.29. The second-order valence-corrected chi connectivity index (χ2v) is 6.40. The first-order valence-corrected chi connectivity index (χ1v) is 6.97. The first-order chi connectivity index (χ1) is 7.98. The number of hydrogen-bond donors (Lipinski definition) is 1. The maximum absolute atomic E-state index is 11.9. The summed E-state index contributed by atoms with van der Waals surface area (Å²) in [5.74, 6) is 5.59. The Bertz CT molecular complexity index is 533. The zero-order chi connectivity index (χ0) is 12.9. The molecule has 0 unspecified atom stereocenters. The summed E-state index contributed by atoms with van der Waals surface area (Å²) < 4.78 is 23.9. The van der Waals surface area contributed by atoms with Gasteiger partial charge in [0.05, 0.1) is 16.8 Å². The third-order valence-electron chi connectivity index (χ3n) is 2.25. The van der Waals surface area contributed by atoms with E-state index in [1.54, 1.807) is 38.1 Å². The molecule has 92 valence electrons. The van der Waals surface area contributed by atoms with E-state index in [2.05, 4.69) is 11.8 Å². The van der Waals surface area contributed by atoms with Gasteiger partial charge in [0.2, 0.25) is 0 Å². The van der Waals surface area contributed by atoms with Crippen molar-refractivity contribution in [2.24, 2.45) is 0 Å². The molecule has 3 nitrogen and oxygen atoms in total. The van der Waals surface area contributed by atoms with Crippen LogP contribution in [0.1, 0.15) is 25.8 Å². The van der Waals surface area contributed by atoms with Gasteiger partial charge in [0, 0.05) is 12.0 Å². The lowest BCUT2D eigenvalue weighted by Crippen LogP contribution is -2.13. The molecule has 0 fully saturated rings. The van der Waals surface area contributed by atoms with E-state index in [9.17, 15) is 8.42 Å². The van der Waals surface area contributed by atoms with Crippen LogP contribution < -0.4 is 0 Å². The second kappa shape index (κ2) is 5.85. The Morgan fingerprint density at radius 3 is 2.65 bits per heavy atom. The minimum Gasteiger partial charge on any atom is -0.395 e. The second-order valence-electron chi connectivity index (χ2n) is 3.90. The minimum atomic E-state index is -3.25. The molecule has 0 amide bonds. The summed E-state index contributed by atoms with van der Waals surface area (Å²) in [5.41, 5.74) is 0.653. The zero-order valence-electron chi connectivity index (χ0n) is 9.97. The molecule has 1 N–H and O–H groups in total.